The van der Waals surface area contributed by atoms with Gasteiger partial charge in [0.05, 0.1) is 6.61 Å². The Hall–Kier alpha value is -1.57. The molecule has 26 heavy (non-hydrogen) atoms. The van der Waals surface area contributed by atoms with Crippen molar-refractivity contribution in [3.8, 4) is 11.1 Å². The van der Waals surface area contributed by atoms with Crippen molar-refractivity contribution in [3.63, 3.8) is 0 Å². The molecule has 1 fully saturated rings. The van der Waals surface area contributed by atoms with E-state index in [0.717, 1.165) is 53.0 Å². The Kier molecular flexibility index (Phi) is 5.77. The molecular formula is C20H21NO3S2. The standard InChI is InChI=1S/C20H21NO3S2/c22-20(14-4-3-7-21-10-14)19-16(15-6-9-25-12-15)13-26-17(19)11-24-18-5-1-2-8-23-18/h3-4,6-7,9-10,12-13,18,20,22H,1-2,5,8,11H2. The molecule has 1 aliphatic heterocycles. The first kappa shape index (κ1) is 17.8. The molecule has 0 saturated carbocycles. The van der Waals surface area contributed by atoms with Crippen LogP contribution in [0.5, 0.6) is 0 Å². The Morgan fingerprint density at radius 2 is 2.27 bits per heavy atom. The van der Waals surface area contributed by atoms with Crippen molar-refractivity contribution in [3.05, 3.63) is 62.7 Å². The van der Waals surface area contributed by atoms with E-state index in [-0.39, 0.29) is 6.29 Å². The van der Waals surface area contributed by atoms with E-state index in [1.165, 1.54) is 0 Å². The molecule has 4 heterocycles. The van der Waals surface area contributed by atoms with E-state index in [4.69, 9.17) is 9.47 Å². The number of aliphatic hydroxyl groups excluding tert-OH is 1. The highest BCUT2D eigenvalue weighted by molar-refractivity contribution is 7.10. The maximum Gasteiger partial charge on any atom is 0.158 e. The molecule has 0 amide bonds. The fourth-order valence-electron chi connectivity index (χ4n) is 3.18. The smallest absolute Gasteiger partial charge is 0.158 e. The van der Waals surface area contributed by atoms with Gasteiger partial charge in [-0.25, -0.2) is 0 Å². The van der Waals surface area contributed by atoms with Crippen LogP contribution in [0.25, 0.3) is 11.1 Å². The second-order valence-corrected chi connectivity index (χ2v) is 8.04. The Bertz CT molecular complexity index is 811. The number of thiophene rings is 2. The Morgan fingerprint density at radius 3 is 3.00 bits per heavy atom. The lowest BCUT2D eigenvalue weighted by atomic mass is 9.97. The number of hydrogen-bond donors (Lipinski definition) is 1. The van der Waals surface area contributed by atoms with Crippen LogP contribution in [-0.2, 0) is 16.1 Å². The molecule has 4 rings (SSSR count). The summed E-state index contributed by atoms with van der Waals surface area (Å²) in [5.74, 6) is 0. The molecule has 2 unspecified atom stereocenters. The van der Waals surface area contributed by atoms with Gasteiger partial charge in [0.1, 0.15) is 6.10 Å². The second-order valence-electron chi connectivity index (χ2n) is 6.29. The normalized spacial score (nSPS) is 18.7. The van der Waals surface area contributed by atoms with Crippen LogP contribution in [-0.4, -0.2) is 23.0 Å². The molecule has 0 aliphatic carbocycles. The third-order valence-electron chi connectivity index (χ3n) is 4.55. The van der Waals surface area contributed by atoms with Gasteiger partial charge >= 0.3 is 0 Å². The van der Waals surface area contributed by atoms with E-state index in [2.05, 4.69) is 27.2 Å². The first-order valence-corrected chi connectivity index (χ1v) is 10.6. The summed E-state index contributed by atoms with van der Waals surface area (Å²) in [5, 5.41) is 17.3. The van der Waals surface area contributed by atoms with Gasteiger partial charge in [0.25, 0.3) is 0 Å². The maximum atomic E-state index is 11.1. The largest absolute Gasteiger partial charge is 0.384 e. The molecule has 0 aromatic carbocycles. The van der Waals surface area contributed by atoms with Gasteiger partial charge in [-0.3, -0.25) is 4.98 Å². The molecule has 4 nitrogen and oxygen atoms in total. The van der Waals surface area contributed by atoms with Gasteiger partial charge in [-0.15, -0.1) is 11.3 Å². The highest BCUT2D eigenvalue weighted by atomic mass is 32.1. The predicted molar refractivity (Wildman–Crippen MR) is 104 cm³/mol. The summed E-state index contributed by atoms with van der Waals surface area (Å²) in [6, 6.07) is 5.84. The van der Waals surface area contributed by atoms with Crippen molar-refractivity contribution in [2.45, 2.75) is 38.3 Å². The molecule has 2 atom stereocenters. The number of hydrogen-bond acceptors (Lipinski definition) is 6. The van der Waals surface area contributed by atoms with E-state index < -0.39 is 6.10 Å². The summed E-state index contributed by atoms with van der Waals surface area (Å²) in [7, 11) is 0. The molecule has 0 radical (unpaired) electrons. The third-order valence-corrected chi connectivity index (χ3v) is 6.21. The Balaban J connectivity index is 1.63. The van der Waals surface area contributed by atoms with Crippen LogP contribution < -0.4 is 0 Å². The number of aliphatic hydroxyl groups is 1. The zero-order valence-electron chi connectivity index (χ0n) is 14.3. The summed E-state index contributed by atoms with van der Waals surface area (Å²) >= 11 is 3.29. The van der Waals surface area contributed by atoms with Crippen LogP contribution in [0.4, 0.5) is 0 Å². The zero-order valence-corrected chi connectivity index (χ0v) is 16.0. The van der Waals surface area contributed by atoms with Crippen LogP contribution >= 0.6 is 22.7 Å². The van der Waals surface area contributed by atoms with Gasteiger partial charge < -0.3 is 14.6 Å². The quantitative estimate of drug-likeness (QED) is 0.647. The molecule has 0 spiro atoms. The lowest BCUT2D eigenvalue weighted by Gasteiger charge is -2.23. The topological polar surface area (TPSA) is 51.6 Å². The summed E-state index contributed by atoms with van der Waals surface area (Å²) in [6.45, 7) is 1.21. The maximum absolute atomic E-state index is 11.1. The molecule has 6 heteroatoms. The van der Waals surface area contributed by atoms with Gasteiger partial charge in [0.2, 0.25) is 0 Å². The van der Waals surface area contributed by atoms with Gasteiger partial charge in [-0.2, -0.15) is 11.3 Å². The molecule has 1 saturated heterocycles. The highest BCUT2D eigenvalue weighted by Gasteiger charge is 2.23. The molecule has 1 aliphatic rings. The van der Waals surface area contributed by atoms with Crippen molar-refractivity contribution in [2.75, 3.05) is 6.61 Å². The summed E-state index contributed by atoms with van der Waals surface area (Å²) in [4.78, 5) is 5.19. The number of nitrogens with zero attached hydrogens (tertiary/aromatic N) is 1. The molecule has 3 aromatic rings. The van der Waals surface area contributed by atoms with Crippen molar-refractivity contribution in [1.82, 2.24) is 4.98 Å². The van der Waals surface area contributed by atoms with Crippen molar-refractivity contribution in [2.24, 2.45) is 0 Å². The minimum absolute atomic E-state index is 0.140. The van der Waals surface area contributed by atoms with E-state index in [9.17, 15) is 5.11 Å². The highest BCUT2D eigenvalue weighted by Crippen LogP contribution is 2.39. The predicted octanol–water partition coefficient (Wildman–Crippen LogP) is 5.00. The average molecular weight is 388 g/mol. The van der Waals surface area contributed by atoms with Gasteiger partial charge in [0.15, 0.2) is 6.29 Å². The summed E-state index contributed by atoms with van der Waals surface area (Å²) in [5.41, 5.74) is 3.90. The van der Waals surface area contributed by atoms with Gasteiger partial charge in [0, 0.05) is 35.0 Å². The van der Waals surface area contributed by atoms with Gasteiger partial charge in [-0.1, -0.05) is 6.07 Å². The zero-order chi connectivity index (χ0) is 17.8. The van der Waals surface area contributed by atoms with E-state index in [1.807, 2.05) is 12.1 Å². The number of pyridine rings is 1. The first-order chi connectivity index (χ1) is 12.8. The minimum atomic E-state index is -0.726. The lowest BCUT2D eigenvalue weighted by molar-refractivity contribution is -0.168. The Morgan fingerprint density at radius 1 is 1.31 bits per heavy atom. The molecule has 0 bridgehead atoms. The molecule has 3 aromatic heterocycles. The van der Waals surface area contributed by atoms with Crippen molar-refractivity contribution in [1.29, 1.82) is 0 Å². The number of aromatic nitrogens is 1. The molecule has 1 N–H and O–H groups in total. The monoisotopic (exact) mass is 387 g/mol. The fraction of sp³-hybridized carbons (Fsp3) is 0.350. The van der Waals surface area contributed by atoms with E-state index in [0.29, 0.717) is 6.61 Å². The summed E-state index contributed by atoms with van der Waals surface area (Å²) < 4.78 is 11.7. The van der Waals surface area contributed by atoms with Crippen LogP contribution in [0, 0.1) is 0 Å². The van der Waals surface area contributed by atoms with Crippen LogP contribution in [0.2, 0.25) is 0 Å². The fourth-order valence-corrected chi connectivity index (χ4v) is 4.84. The number of ether oxygens (including phenoxy) is 2. The first-order valence-electron chi connectivity index (χ1n) is 8.77. The summed E-state index contributed by atoms with van der Waals surface area (Å²) in [6.07, 6.45) is 5.74. The van der Waals surface area contributed by atoms with Crippen molar-refractivity contribution < 1.29 is 14.6 Å². The van der Waals surface area contributed by atoms with E-state index in [1.54, 1.807) is 35.1 Å². The van der Waals surface area contributed by atoms with E-state index >= 15 is 0 Å². The van der Waals surface area contributed by atoms with Crippen LogP contribution in [0.3, 0.4) is 0 Å². The van der Waals surface area contributed by atoms with Crippen LogP contribution in [0.15, 0.2) is 46.7 Å². The lowest BCUT2D eigenvalue weighted by Crippen LogP contribution is -2.22. The Labute approximate surface area is 161 Å². The average Bonchev–Trinajstić information content (AvgIpc) is 3.37. The van der Waals surface area contributed by atoms with Crippen LogP contribution in [0.1, 0.15) is 41.4 Å². The third kappa shape index (κ3) is 3.89. The number of rotatable bonds is 6. The minimum Gasteiger partial charge on any atom is -0.384 e. The molecule has 136 valence electrons. The molecular weight excluding hydrogens is 366 g/mol. The second kappa shape index (κ2) is 8.41. The SMILES string of the molecule is OC(c1cccnc1)c1c(-c2ccsc2)csc1COC1CCCCO1. The van der Waals surface area contributed by atoms with Crippen molar-refractivity contribution >= 4 is 22.7 Å². The van der Waals surface area contributed by atoms with Gasteiger partial charge in [-0.05, 0) is 58.7 Å².